The lowest BCUT2D eigenvalue weighted by Gasteiger charge is -2.25. The van der Waals surface area contributed by atoms with Crippen LogP contribution in [0.25, 0.3) is 0 Å². The van der Waals surface area contributed by atoms with Gasteiger partial charge in [0.05, 0.1) is 12.3 Å². The number of rotatable bonds is 2. The van der Waals surface area contributed by atoms with Crippen molar-refractivity contribution in [3.8, 4) is 0 Å². The Labute approximate surface area is 86.1 Å². The van der Waals surface area contributed by atoms with Gasteiger partial charge in [-0.05, 0) is 6.08 Å². The van der Waals surface area contributed by atoms with Crippen molar-refractivity contribution in [2.24, 2.45) is 0 Å². The summed E-state index contributed by atoms with van der Waals surface area (Å²) in [5.74, 6) is 0. The topological polar surface area (TPSA) is 12.5 Å². The number of hydrogen-bond donors (Lipinski definition) is 1. The number of hydrogen-bond acceptors (Lipinski definition) is 3. The molecule has 0 amide bonds. The van der Waals surface area contributed by atoms with E-state index in [-0.39, 0.29) is 0 Å². The standard InChI is InChI=1S/C8H11NOS.C2H6/c1-3-7-5-10-6-9(11)8(7)4-2;1-2/h3-4,11H,1-2,5-6H2;1-2H3. The highest BCUT2D eigenvalue weighted by Gasteiger charge is 2.12. The molecule has 0 aliphatic carbocycles. The molecule has 2 nitrogen and oxygen atoms in total. The molecule has 0 saturated heterocycles. The van der Waals surface area contributed by atoms with Crippen LogP contribution in [-0.4, -0.2) is 17.6 Å². The first-order valence-electron chi connectivity index (χ1n) is 4.31. The molecule has 0 N–H and O–H groups in total. The van der Waals surface area contributed by atoms with Crippen molar-refractivity contribution in [2.45, 2.75) is 13.8 Å². The zero-order valence-corrected chi connectivity index (χ0v) is 9.18. The number of nitrogens with zero attached hydrogens (tertiary/aromatic N) is 1. The predicted octanol–water partition coefficient (Wildman–Crippen LogP) is 2.77. The smallest absolute Gasteiger partial charge is 0.129 e. The monoisotopic (exact) mass is 199 g/mol. The Kier molecular flexibility index (Phi) is 6.45. The zero-order valence-electron chi connectivity index (χ0n) is 8.29. The normalized spacial score (nSPS) is 16.1. The molecule has 0 fully saturated rings. The Morgan fingerprint density at radius 2 is 2.00 bits per heavy atom. The minimum Gasteiger partial charge on any atom is -0.355 e. The second-order valence-electron chi connectivity index (χ2n) is 2.20. The summed E-state index contributed by atoms with van der Waals surface area (Å²) < 4.78 is 6.89. The van der Waals surface area contributed by atoms with Crippen LogP contribution in [-0.2, 0) is 4.74 Å². The molecule has 1 aliphatic rings. The Hall–Kier alpha value is -0.670. The van der Waals surface area contributed by atoms with Gasteiger partial charge in [-0.2, -0.15) is 0 Å². The van der Waals surface area contributed by atoms with Gasteiger partial charge in [-0.1, -0.05) is 45.9 Å². The molecule has 74 valence electrons. The molecule has 1 rings (SSSR count). The molecule has 0 bridgehead atoms. The summed E-state index contributed by atoms with van der Waals surface area (Å²) in [4.78, 5) is 0. The van der Waals surface area contributed by atoms with Crippen LogP contribution in [0.4, 0.5) is 0 Å². The summed E-state index contributed by atoms with van der Waals surface area (Å²) >= 11 is 4.18. The maximum Gasteiger partial charge on any atom is 0.129 e. The van der Waals surface area contributed by atoms with Gasteiger partial charge in [-0.15, -0.1) is 0 Å². The van der Waals surface area contributed by atoms with Gasteiger partial charge in [-0.25, -0.2) is 0 Å². The van der Waals surface area contributed by atoms with Crippen LogP contribution in [0.5, 0.6) is 0 Å². The molecule has 13 heavy (non-hydrogen) atoms. The fourth-order valence-corrected chi connectivity index (χ4v) is 1.24. The van der Waals surface area contributed by atoms with Crippen LogP contribution < -0.4 is 0 Å². The summed E-state index contributed by atoms with van der Waals surface area (Å²) in [5, 5.41) is 0. The third-order valence-corrected chi connectivity index (χ3v) is 1.85. The van der Waals surface area contributed by atoms with Gasteiger partial charge < -0.3 is 4.74 Å². The van der Waals surface area contributed by atoms with Crippen LogP contribution in [0.15, 0.2) is 36.6 Å². The molecule has 0 unspecified atom stereocenters. The van der Waals surface area contributed by atoms with Crippen LogP contribution in [0.1, 0.15) is 13.8 Å². The van der Waals surface area contributed by atoms with Crippen molar-refractivity contribution >= 4 is 12.8 Å². The maximum absolute atomic E-state index is 5.19. The van der Waals surface area contributed by atoms with Crippen molar-refractivity contribution in [3.63, 3.8) is 0 Å². The van der Waals surface area contributed by atoms with Gasteiger partial charge in [0.25, 0.3) is 0 Å². The summed E-state index contributed by atoms with van der Waals surface area (Å²) in [6.07, 6.45) is 3.52. The largest absolute Gasteiger partial charge is 0.355 e. The lowest BCUT2D eigenvalue weighted by atomic mass is 10.2. The fourth-order valence-electron chi connectivity index (χ4n) is 0.951. The van der Waals surface area contributed by atoms with E-state index in [1.54, 1.807) is 16.5 Å². The predicted molar refractivity (Wildman–Crippen MR) is 60.4 cm³/mol. The molecule has 1 aliphatic heterocycles. The van der Waals surface area contributed by atoms with Crippen molar-refractivity contribution in [1.29, 1.82) is 0 Å². The van der Waals surface area contributed by atoms with E-state index >= 15 is 0 Å². The summed E-state index contributed by atoms with van der Waals surface area (Å²) in [5.41, 5.74) is 2.01. The van der Waals surface area contributed by atoms with E-state index < -0.39 is 0 Å². The quantitative estimate of drug-likeness (QED) is 0.687. The summed E-state index contributed by atoms with van der Waals surface area (Å²) in [7, 11) is 0. The van der Waals surface area contributed by atoms with Crippen molar-refractivity contribution in [2.75, 3.05) is 13.3 Å². The first-order chi connectivity index (χ1) is 6.29. The highest BCUT2D eigenvalue weighted by atomic mass is 32.1. The molecule has 3 heteroatoms. The first-order valence-corrected chi connectivity index (χ1v) is 4.71. The van der Waals surface area contributed by atoms with E-state index in [0.717, 1.165) is 11.3 Å². The zero-order chi connectivity index (χ0) is 10.3. The van der Waals surface area contributed by atoms with Crippen LogP contribution >= 0.6 is 12.8 Å². The second-order valence-corrected chi connectivity index (χ2v) is 2.68. The second kappa shape index (κ2) is 6.80. The van der Waals surface area contributed by atoms with E-state index in [9.17, 15) is 0 Å². The molecule has 1 heterocycles. The van der Waals surface area contributed by atoms with Gasteiger partial charge in [0.1, 0.15) is 6.73 Å². The molecule has 0 aromatic heterocycles. The third kappa shape index (κ3) is 3.28. The number of ether oxygens (including phenoxy) is 1. The van der Waals surface area contributed by atoms with Gasteiger partial charge in [0.15, 0.2) is 0 Å². The third-order valence-electron chi connectivity index (χ3n) is 1.52. The summed E-state index contributed by atoms with van der Waals surface area (Å²) in [6, 6.07) is 0. The maximum atomic E-state index is 5.19. The van der Waals surface area contributed by atoms with E-state index in [1.165, 1.54) is 0 Å². The molecule has 0 saturated carbocycles. The van der Waals surface area contributed by atoms with E-state index in [4.69, 9.17) is 4.74 Å². The van der Waals surface area contributed by atoms with Crippen molar-refractivity contribution in [1.82, 2.24) is 4.31 Å². The molecule has 0 aromatic rings. The molecular weight excluding hydrogens is 182 g/mol. The molecule has 0 aromatic carbocycles. The Bertz CT molecular complexity index is 211. The van der Waals surface area contributed by atoms with E-state index in [2.05, 4.69) is 26.0 Å². The average Bonchev–Trinajstić information content (AvgIpc) is 2.20. The number of thiol groups is 1. The lowest BCUT2D eigenvalue weighted by Crippen LogP contribution is -2.23. The van der Waals surface area contributed by atoms with Crippen LogP contribution in [0, 0.1) is 0 Å². The van der Waals surface area contributed by atoms with Gasteiger partial charge >= 0.3 is 0 Å². The Balaban J connectivity index is 0.000000671. The molecule has 0 spiro atoms. The van der Waals surface area contributed by atoms with E-state index in [0.29, 0.717) is 13.3 Å². The Morgan fingerprint density at radius 3 is 2.38 bits per heavy atom. The molecule has 0 atom stereocenters. The molecular formula is C10H17NOS. The highest BCUT2D eigenvalue weighted by molar-refractivity contribution is 7.77. The minimum absolute atomic E-state index is 0.502. The molecule has 0 radical (unpaired) electrons. The van der Waals surface area contributed by atoms with Crippen LogP contribution in [0.2, 0.25) is 0 Å². The minimum atomic E-state index is 0.502. The van der Waals surface area contributed by atoms with Crippen LogP contribution in [0.3, 0.4) is 0 Å². The lowest BCUT2D eigenvalue weighted by molar-refractivity contribution is 0.0929. The van der Waals surface area contributed by atoms with E-state index in [1.807, 2.05) is 13.8 Å². The fraction of sp³-hybridized carbons (Fsp3) is 0.400. The Morgan fingerprint density at radius 1 is 1.38 bits per heavy atom. The summed E-state index contributed by atoms with van der Waals surface area (Å²) in [6.45, 7) is 12.5. The average molecular weight is 199 g/mol. The van der Waals surface area contributed by atoms with Gasteiger partial charge in [-0.3, -0.25) is 4.31 Å². The van der Waals surface area contributed by atoms with Gasteiger partial charge in [0, 0.05) is 5.57 Å². The first kappa shape index (κ1) is 12.3. The SMILES string of the molecule is C=CC1=C(C=C)N(S)COC1.CC. The van der Waals surface area contributed by atoms with Crippen molar-refractivity contribution < 1.29 is 4.74 Å². The number of allylic oxidation sites excluding steroid dienone is 1. The van der Waals surface area contributed by atoms with Crippen molar-refractivity contribution in [3.05, 3.63) is 36.6 Å². The van der Waals surface area contributed by atoms with Gasteiger partial charge in [0.2, 0.25) is 0 Å². The highest BCUT2D eigenvalue weighted by Crippen LogP contribution is 2.19.